The zero-order valence-corrected chi connectivity index (χ0v) is 21.6. The molecule has 192 valence electrons. The minimum Gasteiger partial charge on any atom is -0.461 e. The lowest BCUT2D eigenvalue weighted by molar-refractivity contribution is -0.114. The number of hydrogen-bond donors (Lipinski definition) is 0. The number of nitrogens with zero attached hydrogens (tertiary/aromatic N) is 5. The first-order chi connectivity index (χ1) is 17.5. The quantitative estimate of drug-likeness (QED) is 0.456. The summed E-state index contributed by atoms with van der Waals surface area (Å²) in [7, 11) is 1.69. The van der Waals surface area contributed by atoms with Crippen molar-refractivity contribution in [2.45, 2.75) is 39.2 Å². The minimum atomic E-state index is -0.422. The molecule has 4 heterocycles. The van der Waals surface area contributed by atoms with Gasteiger partial charge in [-0.15, -0.1) is 0 Å². The number of fused-ring (bicyclic) bond motifs is 1. The lowest BCUT2D eigenvalue weighted by atomic mass is 9.97. The van der Waals surface area contributed by atoms with Crippen LogP contribution in [0.3, 0.4) is 0 Å². The maximum absolute atomic E-state index is 12.8. The number of anilines is 1. The van der Waals surface area contributed by atoms with Crippen molar-refractivity contribution < 1.29 is 19.1 Å². The zero-order chi connectivity index (χ0) is 25.2. The lowest BCUT2D eigenvalue weighted by Crippen LogP contribution is -2.36. The summed E-state index contributed by atoms with van der Waals surface area (Å²) in [4.78, 5) is 25.5. The second kappa shape index (κ2) is 10.5. The van der Waals surface area contributed by atoms with E-state index in [1.54, 1.807) is 14.0 Å². The largest absolute Gasteiger partial charge is 0.461 e. The SMILES string of the molecule is CCOC(=O)c1cc(-c2ccc(N3CCOCC3)cc2)c2c(C(C)C)nn(C3CCN(OC)C3)c2n1. The first-order valence-electron chi connectivity index (χ1n) is 12.8. The Morgan fingerprint density at radius 2 is 1.92 bits per heavy atom. The molecule has 1 atom stereocenters. The molecule has 1 aromatic carbocycles. The molecule has 2 aliphatic heterocycles. The third-order valence-corrected chi connectivity index (χ3v) is 7.01. The van der Waals surface area contributed by atoms with E-state index in [9.17, 15) is 4.79 Å². The summed E-state index contributed by atoms with van der Waals surface area (Å²) in [5.41, 5.74) is 5.15. The van der Waals surface area contributed by atoms with E-state index < -0.39 is 5.97 Å². The van der Waals surface area contributed by atoms with Gasteiger partial charge in [0.2, 0.25) is 0 Å². The predicted molar refractivity (Wildman–Crippen MR) is 138 cm³/mol. The summed E-state index contributed by atoms with van der Waals surface area (Å²) in [6.07, 6.45) is 0.900. The van der Waals surface area contributed by atoms with Crippen molar-refractivity contribution in [2.75, 3.05) is 58.0 Å². The van der Waals surface area contributed by atoms with E-state index in [2.05, 4.69) is 43.0 Å². The van der Waals surface area contributed by atoms with Crippen molar-refractivity contribution in [2.24, 2.45) is 0 Å². The molecule has 0 N–H and O–H groups in total. The fraction of sp³-hybridized carbons (Fsp3) is 0.519. The van der Waals surface area contributed by atoms with Crippen LogP contribution in [0.1, 0.15) is 55.3 Å². The highest BCUT2D eigenvalue weighted by atomic mass is 16.7. The number of carbonyl (C=O) groups is 1. The van der Waals surface area contributed by atoms with Crippen molar-refractivity contribution in [3.05, 3.63) is 41.7 Å². The number of aromatic nitrogens is 3. The van der Waals surface area contributed by atoms with Crippen molar-refractivity contribution in [3.63, 3.8) is 0 Å². The molecule has 2 fully saturated rings. The number of carbonyl (C=O) groups excluding carboxylic acids is 1. The number of esters is 1. The van der Waals surface area contributed by atoms with Crippen LogP contribution < -0.4 is 4.90 Å². The number of rotatable bonds is 7. The number of hydrogen-bond acceptors (Lipinski definition) is 8. The van der Waals surface area contributed by atoms with E-state index in [0.717, 1.165) is 73.7 Å². The fourth-order valence-corrected chi connectivity index (χ4v) is 5.11. The van der Waals surface area contributed by atoms with Crippen LogP contribution in [0.15, 0.2) is 30.3 Å². The Labute approximate surface area is 211 Å². The highest BCUT2D eigenvalue weighted by Crippen LogP contribution is 2.37. The monoisotopic (exact) mass is 493 g/mol. The highest BCUT2D eigenvalue weighted by molar-refractivity contribution is 6.00. The Hall–Kier alpha value is -3.01. The van der Waals surface area contributed by atoms with E-state index >= 15 is 0 Å². The van der Waals surface area contributed by atoms with Crippen LogP contribution in [0.2, 0.25) is 0 Å². The normalized spacial score (nSPS) is 18.9. The van der Waals surface area contributed by atoms with Crippen molar-refractivity contribution in [1.29, 1.82) is 0 Å². The maximum atomic E-state index is 12.8. The summed E-state index contributed by atoms with van der Waals surface area (Å²) >= 11 is 0. The topological polar surface area (TPSA) is 82.0 Å². The summed E-state index contributed by atoms with van der Waals surface area (Å²) in [5, 5.41) is 7.99. The van der Waals surface area contributed by atoms with Crippen molar-refractivity contribution in [1.82, 2.24) is 19.8 Å². The van der Waals surface area contributed by atoms with Gasteiger partial charge in [0, 0.05) is 31.9 Å². The molecule has 1 unspecified atom stereocenters. The molecule has 9 nitrogen and oxygen atoms in total. The van der Waals surface area contributed by atoms with E-state index in [4.69, 9.17) is 24.4 Å². The van der Waals surface area contributed by atoms with Crippen LogP contribution >= 0.6 is 0 Å². The smallest absolute Gasteiger partial charge is 0.357 e. The Balaban J connectivity index is 1.65. The molecule has 0 bridgehead atoms. The Morgan fingerprint density at radius 1 is 1.17 bits per heavy atom. The molecule has 0 radical (unpaired) electrons. The number of morpholine rings is 1. The first kappa shape index (κ1) is 24.7. The van der Waals surface area contributed by atoms with Gasteiger partial charge in [0.1, 0.15) is 0 Å². The van der Waals surface area contributed by atoms with Gasteiger partial charge in [-0.2, -0.15) is 10.2 Å². The van der Waals surface area contributed by atoms with Gasteiger partial charge in [-0.25, -0.2) is 14.5 Å². The Kier molecular flexibility index (Phi) is 7.22. The zero-order valence-electron chi connectivity index (χ0n) is 21.6. The van der Waals surface area contributed by atoms with Gasteiger partial charge in [-0.05, 0) is 48.6 Å². The molecule has 0 aliphatic carbocycles. The van der Waals surface area contributed by atoms with E-state index in [-0.39, 0.29) is 12.0 Å². The molecule has 9 heteroatoms. The third kappa shape index (κ3) is 4.70. The number of ether oxygens (including phenoxy) is 2. The number of benzene rings is 1. The maximum Gasteiger partial charge on any atom is 0.357 e. The standard InChI is InChI=1S/C27H35N5O4/c1-5-36-27(33)23-16-22(19-6-8-20(9-7-19)30-12-14-35-15-13-30)24-25(18(2)3)29-32(26(24)28-23)21-10-11-31(17-21)34-4/h6-9,16,18,21H,5,10-15,17H2,1-4H3. The van der Waals surface area contributed by atoms with E-state index in [1.165, 1.54) is 5.69 Å². The average molecular weight is 494 g/mol. The van der Waals surface area contributed by atoms with Gasteiger partial charge < -0.3 is 19.2 Å². The van der Waals surface area contributed by atoms with Gasteiger partial charge >= 0.3 is 5.97 Å². The number of hydroxylamine groups is 2. The summed E-state index contributed by atoms with van der Waals surface area (Å²) in [6, 6.07) is 10.5. The molecule has 2 aliphatic rings. The Morgan fingerprint density at radius 3 is 2.56 bits per heavy atom. The number of pyridine rings is 1. The first-order valence-corrected chi connectivity index (χ1v) is 12.8. The molecule has 3 aromatic rings. The van der Waals surface area contributed by atoms with Gasteiger partial charge in [0.15, 0.2) is 11.3 Å². The molecular formula is C27H35N5O4. The van der Waals surface area contributed by atoms with Gasteiger partial charge in [0.25, 0.3) is 0 Å². The van der Waals surface area contributed by atoms with Crippen LogP contribution in [0.5, 0.6) is 0 Å². The minimum absolute atomic E-state index is 0.112. The molecule has 0 saturated carbocycles. The van der Waals surface area contributed by atoms with Gasteiger partial charge in [0.05, 0.1) is 44.1 Å². The molecule has 5 rings (SSSR count). The highest BCUT2D eigenvalue weighted by Gasteiger charge is 2.30. The van der Waals surface area contributed by atoms with Gasteiger partial charge in [-0.3, -0.25) is 0 Å². The fourth-order valence-electron chi connectivity index (χ4n) is 5.11. The van der Waals surface area contributed by atoms with Crippen LogP contribution in [-0.2, 0) is 14.3 Å². The Bertz CT molecular complexity index is 1220. The predicted octanol–water partition coefficient (Wildman–Crippen LogP) is 4.04. The van der Waals surface area contributed by atoms with Crippen LogP contribution in [0, 0.1) is 0 Å². The average Bonchev–Trinajstić information content (AvgIpc) is 3.54. The summed E-state index contributed by atoms with van der Waals surface area (Å²) < 4.78 is 12.8. The third-order valence-electron chi connectivity index (χ3n) is 7.01. The van der Waals surface area contributed by atoms with Crippen molar-refractivity contribution >= 4 is 22.7 Å². The lowest BCUT2D eigenvalue weighted by Gasteiger charge is -2.29. The summed E-state index contributed by atoms with van der Waals surface area (Å²) in [6.45, 7) is 11.2. The molecule has 0 spiro atoms. The van der Waals surface area contributed by atoms with Crippen molar-refractivity contribution in [3.8, 4) is 11.1 Å². The molecular weight excluding hydrogens is 458 g/mol. The van der Waals surface area contributed by atoms with E-state index in [1.807, 2.05) is 15.8 Å². The van der Waals surface area contributed by atoms with Crippen LogP contribution in [0.4, 0.5) is 5.69 Å². The molecule has 36 heavy (non-hydrogen) atoms. The van der Waals surface area contributed by atoms with Crippen LogP contribution in [0.25, 0.3) is 22.2 Å². The van der Waals surface area contributed by atoms with Gasteiger partial charge in [-0.1, -0.05) is 26.0 Å². The molecule has 0 amide bonds. The molecule has 2 saturated heterocycles. The summed E-state index contributed by atoms with van der Waals surface area (Å²) in [5.74, 6) is -0.232. The second-order valence-corrected chi connectivity index (χ2v) is 9.62. The second-order valence-electron chi connectivity index (χ2n) is 9.62. The van der Waals surface area contributed by atoms with E-state index in [0.29, 0.717) is 12.3 Å². The molecule has 2 aromatic heterocycles. The van der Waals surface area contributed by atoms with Crippen LogP contribution in [-0.4, -0.2) is 78.9 Å².